The zero-order chi connectivity index (χ0) is 28.9. The van der Waals surface area contributed by atoms with Crippen LogP contribution in [0.25, 0.3) is 0 Å². The molecule has 3 aromatic carbocycles. The Morgan fingerprint density at radius 1 is 0.900 bits per heavy atom. The molecule has 0 atom stereocenters. The lowest BCUT2D eigenvalue weighted by atomic mass is 10.2. The lowest BCUT2D eigenvalue weighted by molar-refractivity contribution is -0.114. The predicted molar refractivity (Wildman–Crippen MR) is 150 cm³/mol. The number of hydrogen-bond donors (Lipinski definition) is 1. The minimum absolute atomic E-state index is 0.0115. The molecule has 4 rings (SSSR count). The van der Waals surface area contributed by atoms with Crippen molar-refractivity contribution in [2.24, 2.45) is 0 Å². The summed E-state index contributed by atoms with van der Waals surface area (Å²) in [5.74, 6) is -0.253. The van der Waals surface area contributed by atoms with E-state index in [1.54, 1.807) is 43.3 Å². The Kier molecular flexibility index (Phi) is 8.98. The molecular formula is C27H31N3O8S2. The van der Waals surface area contributed by atoms with Gasteiger partial charge in [-0.15, -0.1) is 0 Å². The van der Waals surface area contributed by atoms with Crippen molar-refractivity contribution in [2.45, 2.75) is 16.7 Å². The van der Waals surface area contributed by atoms with Crippen LogP contribution in [0.3, 0.4) is 0 Å². The van der Waals surface area contributed by atoms with Crippen molar-refractivity contribution >= 4 is 37.3 Å². The Hall–Kier alpha value is -3.65. The van der Waals surface area contributed by atoms with E-state index < -0.39 is 32.5 Å². The summed E-state index contributed by atoms with van der Waals surface area (Å²) >= 11 is 0. The zero-order valence-corrected chi connectivity index (χ0v) is 24.0. The second-order valence-electron chi connectivity index (χ2n) is 8.93. The maximum absolute atomic E-state index is 13.8. The Bertz CT molecular complexity index is 1570. The van der Waals surface area contributed by atoms with Crippen LogP contribution in [0.4, 0.5) is 11.4 Å². The molecule has 1 heterocycles. The van der Waals surface area contributed by atoms with Gasteiger partial charge in [-0.1, -0.05) is 24.3 Å². The van der Waals surface area contributed by atoms with E-state index in [1.807, 2.05) is 0 Å². The molecule has 3 aromatic rings. The standard InChI is InChI=1S/C27H31N3O8S2/c1-20-9-11-26(37-3)24(17-20)30(40(34,35)21-7-5-4-6-8-21)19-27(31)28-23-18-22(10-12-25(23)36-2)39(32,33)29-13-15-38-16-14-29/h4-12,17-18H,13-16,19H2,1-3H3,(H,28,31). The smallest absolute Gasteiger partial charge is 0.264 e. The molecule has 214 valence electrons. The van der Waals surface area contributed by atoms with Gasteiger partial charge in [0.25, 0.3) is 10.0 Å². The average Bonchev–Trinajstić information content (AvgIpc) is 2.96. The van der Waals surface area contributed by atoms with E-state index in [9.17, 15) is 21.6 Å². The number of morpholine rings is 1. The first-order chi connectivity index (χ1) is 19.1. The molecule has 11 nitrogen and oxygen atoms in total. The third-order valence-electron chi connectivity index (χ3n) is 6.27. The van der Waals surface area contributed by atoms with E-state index >= 15 is 0 Å². The minimum atomic E-state index is -4.21. The fraction of sp³-hybridized carbons (Fsp3) is 0.296. The fourth-order valence-corrected chi connectivity index (χ4v) is 7.09. The second kappa shape index (κ2) is 12.3. The van der Waals surface area contributed by atoms with Crippen LogP contribution < -0.4 is 19.1 Å². The number of rotatable bonds is 10. The predicted octanol–water partition coefficient (Wildman–Crippen LogP) is 2.87. The van der Waals surface area contributed by atoms with Crippen molar-refractivity contribution < 1.29 is 35.8 Å². The molecule has 1 saturated heterocycles. The molecule has 1 N–H and O–H groups in total. The van der Waals surface area contributed by atoms with E-state index in [0.717, 1.165) is 9.87 Å². The largest absolute Gasteiger partial charge is 0.495 e. The van der Waals surface area contributed by atoms with Gasteiger partial charge in [0.05, 0.1) is 48.6 Å². The SMILES string of the molecule is COc1ccc(S(=O)(=O)N2CCOCC2)cc1NC(=O)CN(c1cc(C)ccc1OC)S(=O)(=O)c1ccccc1. The number of anilines is 2. The first-order valence-electron chi connectivity index (χ1n) is 12.4. The van der Waals surface area contributed by atoms with Crippen LogP contribution in [-0.2, 0) is 29.6 Å². The van der Waals surface area contributed by atoms with Gasteiger partial charge in [0.2, 0.25) is 15.9 Å². The highest BCUT2D eigenvalue weighted by Crippen LogP contribution is 2.34. The maximum atomic E-state index is 13.8. The van der Waals surface area contributed by atoms with Crippen molar-refractivity contribution in [3.8, 4) is 11.5 Å². The van der Waals surface area contributed by atoms with Crippen LogP contribution in [0, 0.1) is 6.92 Å². The molecule has 0 saturated carbocycles. The van der Waals surface area contributed by atoms with E-state index in [1.165, 1.54) is 48.9 Å². The second-order valence-corrected chi connectivity index (χ2v) is 12.7. The molecule has 0 spiro atoms. The van der Waals surface area contributed by atoms with Gasteiger partial charge in [-0.05, 0) is 55.0 Å². The van der Waals surface area contributed by atoms with Crippen LogP contribution in [0.5, 0.6) is 11.5 Å². The molecule has 1 aliphatic rings. The van der Waals surface area contributed by atoms with Crippen LogP contribution in [-0.4, -0.2) is 74.1 Å². The summed E-state index contributed by atoms with van der Waals surface area (Å²) in [4.78, 5) is 13.3. The highest BCUT2D eigenvalue weighted by molar-refractivity contribution is 7.93. The Morgan fingerprint density at radius 3 is 2.20 bits per heavy atom. The number of nitrogens with zero attached hydrogens (tertiary/aromatic N) is 2. The van der Waals surface area contributed by atoms with E-state index in [4.69, 9.17) is 14.2 Å². The van der Waals surface area contributed by atoms with Crippen LogP contribution in [0.15, 0.2) is 76.5 Å². The van der Waals surface area contributed by atoms with Gasteiger partial charge in [0.1, 0.15) is 18.0 Å². The topological polar surface area (TPSA) is 132 Å². The summed E-state index contributed by atoms with van der Waals surface area (Å²) in [5, 5.41) is 2.63. The molecule has 13 heteroatoms. The molecule has 1 fully saturated rings. The molecule has 0 unspecified atom stereocenters. The number of methoxy groups -OCH3 is 2. The molecule has 0 aromatic heterocycles. The summed E-state index contributed by atoms with van der Waals surface area (Å²) in [6, 6.07) is 16.9. The van der Waals surface area contributed by atoms with Gasteiger partial charge in [0, 0.05) is 13.1 Å². The summed E-state index contributed by atoms with van der Waals surface area (Å²) in [5.41, 5.74) is 1.01. The summed E-state index contributed by atoms with van der Waals surface area (Å²) in [7, 11) is -5.28. The summed E-state index contributed by atoms with van der Waals surface area (Å²) in [6.07, 6.45) is 0. The third kappa shape index (κ3) is 6.22. The molecule has 1 aliphatic heterocycles. The lowest BCUT2D eigenvalue weighted by Gasteiger charge is -2.27. The molecule has 1 amide bonds. The summed E-state index contributed by atoms with van der Waals surface area (Å²) < 4.78 is 72.2. The van der Waals surface area contributed by atoms with E-state index in [-0.39, 0.29) is 59.0 Å². The third-order valence-corrected chi connectivity index (χ3v) is 9.94. The first kappa shape index (κ1) is 29.3. The summed E-state index contributed by atoms with van der Waals surface area (Å²) in [6.45, 7) is 2.16. The Morgan fingerprint density at radius 2 is 1.55 bits per heavy atom. The number of ether oxygens (including phenoxy) is 3. The molecule has 40 heavy (non-hydrogen) atoms. The average molecular weight is 590 g/mol. The lowest BCUT2D eigenvalue weighted by Crippen LogP contribution is -2.40. The zero-order valence-electron chi connectivity index (χ0n) is 22.4. The number of sulfonamides is 2. The van der Waals surface area contributed by atoms with Crippen LogP contribution in [0.1, 0.15) is 5.56 Å². The van der Waals surface area contributed by atoms with Crippen LogP contribution in [0.2, 0.25) is 0 Å². The van der Waals surface area contributed by atoms with Crippen molar-refractivity contribution in [1.82, 2.24) is 4.31 Å². The minimum Gasteiger partial charge on any atom is -0.495 e. The maximum Gasteiger partial charge on any atom is 0.264 e. The number of hydrogen-bond acceptors (Lipinski definition) is 8. The van der Waals surface area contributed by atoms with E-state index in [0.29, 0.717) is 0 Å². The molecule has 0 radical (unpaired) electrons. The normalized spacial score (nSPS) is 14.4. The number of benzene rings is 3. The van der Waals surface area contributed by atoms with Gasteiger partial charge in [-0.25, -0.2) is 16.8 Å². The number of nitrogens with one attached hydrogen (secondary N) is 1. The van der Waals surface area contributed by atoms with Crippen LogP contribution >= 0.6 is 0 Å². The number of carbonyl (C=O) groups is 1. The Balaban J connectivity index is 1.69. The number of carbonyl (C=O) groups excluding carboxylic acids is 1. The van der Waals surface area contributed by atoms with Gasteiger partial charge in [-0.2, -0.15) is 4.31 Å². The highest BCUT2D eigenvalue weighted by atomic mass is 32.2. The van der Waals surface area contributed by atoms with Gasteiger partial charge in [-0.3, -0.25) is 9.10 Å². The number of amides is 1. The van der Waals surface area contributed by atoms with Crippen molar-refractivity contribution in [2.75, 3.05) is 56.7 Å². The molecular weight excluding hydrogens is 558 g/mol. The Labute approximate surface area is 234 Å². The first-order valence-corrected chi connectivity index (χ1v) is 15.2. The monoisotopic (exact) mass is 589 g/mol. The highest BCUT2D eigenvalue weighted by Gasteiger charge is 2.31. The molecule has 0 bridgehead atoms. The molecule has 0 aliphatic carbocycles. The fourth-order valence-electron chi connectivity index (χ4n) is 4.22. The van der Waals surface area contributed by atoms with Gasteiger partial charge in [0.15, 0.2) is 0 Å². The quantitative estimate of drug-likeness (QED) is 0.382. The van der Waals surface area contributed by atoms with Crippen molar-refractivity contribution in [3.63, 3.8) is 0 Å². The number of aryl methyl sites for hydroxylation is 1. The van der Waals surface area contributed by atoms with Crippen molar-refractivity contribution in [1.29, 1.82) is 0 Å². The van der Waals surface area contributed by atoms with Gasteiger partial charge < -0.3 is 19.5 Å². The van der Waals surface area contributed by atoms with Crippen molar-refractivity contribution in [3.05, 3.63) is 72.3 Å². The van der Waals surface area contributed by atoms with E-state index in [2.05, 4.69) is 5.32 Å². The van der Waals surface area contributed by atoms with Gasteiger partial charge >= 0.3 is 0 Å².